The molecule has 0 aliphatic carbocycles. The van der Waals surface area contributed by atoms with E-state index in [1.165, 1.54) is 6.92 Å². The molecule has 4 heterocycles. The molecule has 0 spiro atoms. The molecule has 0 aromatic rings. The van der Waals surface area contributed by atoms with Gasteiger partial charge in [-0.2, -0.15) is 0 Å². The van der Waals surface area contributed by atoms with Gasteiger partial charge in [0, 0.05) is 20.3 Å². The smallest absolute Gasteiger partial charge is 0.364 e. The van der Waals surface area contributed by atoms with Gasteiger partial charge < -0.3 is 105 Å². The first-order valence-corrected chi connectivity index (χ1v) is 17.4. The fourth-order valence-corrected chi connectivity index (χ4v) is 6.95. The second kappa shape index (κ2) is 19.0. The average Bonchev–Trinajstić information content (AvgIpc) is 3.13. The van der Waals surface area contributed by atoms with Crippen LogP contribution in [-0.2, 0) is 47.5 Å². The maximum atomic E-state index is 12.8. The average molecular weight is 805 g/mol. The number of aliphatic hydroxyl groups excluding tert-OH is 11. The number of ether oxygens (including phenoxy) is 7. The molecular formula is C31H52N2O22. The van der Waals surface area contributed by atoms with E-state index in [9.17, 15) is 75.7 Å². The van der Waals surface area contributed by atoms with Crippen molar-refractivity contribution >= 4 is 17.8 Å². The van der Waals surface area contributed by atoms with Gasteiger partial charge in [0.1, 0.15) is 79.4 Å². The Balaban J connectivity index is 1.69. The van der Waals surface area contributed by atoms with Crippen LogP contribution >= 0.6 is 0 Å². The second-order valence-corrected chi connectivity index (χ2v) is 13.9. The van der Waals surface area contributed by atoms with E-state index in [1.54, 1.807) is 0 Å². The third-order valence-corrected chi connectivity index (χ3v) is 9.87. The predicted octanol–water partition coefficient (Wildman–Crippen LogP) is -8.55. The molecule has 2 amide bonds. The molecule has 24 nitrogen and oxygen atoms in total. The Labute approximate surface area is 313 Å². The summed E-state index contributed by atoms with van der Waals surface area (Å²) >= 11 is 0. The zero-order valence-electron chi connectivity index (χ0n) is 30.0. The van der Waals surface area contributed by atoms with E-state index in [4.69, 9.17) is 33.2 Å². The van der Waals surface area contributed by atoms with Crippen LogP contribution in [-0.4, -0.2) is 227 Å². The number of carboxylic acid groups (broad SMARTS) is 1. The predicted molar refractivity (Wildman–Crippen MR) is 172 cm³/mol. The third kappa shape index (κ3) is 9.87. The molecule has 4 rings (SSSR count). The maximum absolute atomic E-state index is 12.8. The van der Waals surface area contributed by atoms with Crippen LogP contribution in [0.3, 0.4) is 0 Å². The van der Waals surface area contributed by atoms with E-state index in [0.717, 1.165) is 13.8 Å². The first-order valence-electron chi connectivity index (χ1n) is 17.4. The monoisotopic (exact) mass is 804 g/mol. The summed E-state index contributed by atoms with van der Waals surface area (Å²) in [6.45, 7) is 0.352. The highest BCUT2D eigenvalue weighted by Crippen LogP contribution is 2.38. The summed E-state index contributed by atoms with van der Waals surface area (Å²) in [4.78, 5) is 36.9. The summed E-state index contributed by atoms with van der Waals surface area (Å²) in [6, 6.07) is -2.72. The van der Waals surface area contributed by atoms with Crippen LogP contribution in [0.15, 0.2) is 0 Å². The minimum atomic E-state index is -3.08. The number of carbonyl (C=O) groups is 3. The standard InChI is InChI=1S/C31H52N2O22/c1-9-18(41)21(44)22(45)28(50-9)52-24-12(32-10(2)37)8-49-16(7-36)25(24)53-29-23(46)27(20(43)15(6-35)51-29)55-31(30(47)48)4-13(39)17(33-11(3)38)26(54-31)19(42)14(40)5-34/h9,12-29,34-36,39-46H,4-8H2,1-3H3,(H,32,37)(H,33,38)(H,47,48)/t9-,12-,13-,14+,15+,16+,17+,18+,19+,20-,21+,22-,23+,24+,25+,26+,27-,28-,29-,31-/m0/s1. The molecule has 4 aliphatic rings. The van der Waals surface area contributed by atoms with Gasteiger partial charge in [-0.1, -0.05) is 0 Å². The molecule has 0 radical (unpaired) electrons. The molecule has 20 atom stereocenters. The number of amides is 2. The highest BCUT2D eigenvalue weighted by atomic mass is 16.8. The van der Waals surface area contributed by atoms with Gasteiger partial charge in [0.25, 0.3) is 5.79 Å². The Kier molecular flexibility index (Phi) is 15.7. The largest absolute Gasteiger partial charge is 0.477 e. The summed E-state index contributed by atoms with van der Waals surface area (Å²) in [5.74, 6) is -6.44. The van der Waals surface area contributed by atoms with Crippen LogP contribution in [0.4, 0.5) is 0 Å². The van der Waals surface area contributed by atoms with Gasteiger partial charge in [0.2, 0.25) is 11.8 Å². The molecule has 4 aliphatic heterocycles. The van der Waals surface area contributed by atoms with E-state index in [1.807, 2.05) is 0 Å². The third-order valence-electron chi connectivity index (χ3n) is 9.87. The molecule has 55 heavy (non-hydrogen) atoms. The molecule has 0 saturated carbocycles. The molecule has 0 bridgehead atoms. The lowest BCUT2D eigenvalue weighted by atomic mass is 9.88. The van der Waals surface area contributed by atoms with E-state index < -0.39 is 166 Å². The Hall–Kier alpha value is -2.31. The van der Waals surface area contributed by atoms with Gasteiger partial charge in [0.15, 0.2) is 12.6 Å². The highest BCUT2D eigenvalue weighted by molar-refractivity contribution is 5.76. The van der Waals surface area contributed by atoms with Crippen molar-refractivity contribution in [3.05, 3.63) is 0 Å². The Morgan fingerprint density at radius 2 is 1.38 bits per heavy atom. The van der Waals surface area contributed by atoms with Crippen molar-refractivity contribution in [2.45, 2.75) is 149 Å². The van der Waals surface area contributed by atoms with E-state index >= 15 is 0 Å². The molecule has 14 N–H and O–H groups in total. The minimum absolute atomic E-state index is 0.324. The summed E-state index contributed by atoms with van der Waals surface area (Å²) in [5.41, 5.74) is 0. The lowest BCUT2D eigenvalue weighted by molar-refractivity contribution is -0.384. The molecular weight excluding hydrogens is 752 g/mol. The number of carbonyl (C=O) groups excluding carboxylic acids is 2. The Morgan fingerprint density at radius 1 is 0.782 bits per heavy atom. The summed E-state index contributed by atoms with van der Waals surface area (Å²) in [6.07, 6.45) is -31.6. The van der Waals surface area contributed by atoms with Crippen molar-refractivity contribution in [3.63, 3.8) is 0 Å². The second-order valence-electron chi connectivity index (χ2n) is 13.9. The van der Waals surface area contributed by atoms with Crippen LogP contribution in [0.2, 0.25) is 0 Å². The summed E-state index contributed by atoms with van der Waals surface area (Å²) in [7, 11) is 0. The van der Waals surface area contributed by atoms with Crippen LogP contribution in [0.1, 0.15) is 27.2 Å². The Morgan fingerprint density at radius 3 is 1.95 bits per heavy atom. The number of carboxylic acids is 1. The van der Waals surface area contributed by atoms with Crippen LogP contribution in [0.25, 0.3) is 0 Å². The molecule has 0 aromatic heterocycles. The highest BCUT2D eigenvalue weighted by Gasteiger charge is 2.60. The topological polar surface area (TPSA) is 383 Å². The molecule has 318 valence electrons. The van der Waals surface area contributed by atoms with Crippen molar-refractivity contribution in [1.82, 2.24) is 10.6 Å². The van der Waals surface area contributed by atoms with Crippen LogP contribution in [0.5, 0.6) is 0 Å². The molecule has 4 fully saturated rings. The maximum Gasteiger partial charge on any atom is 0.364 e. The summed E-state index contributed by atoms with van der Waals surface area (Å²) < 4.78 is 40.2. The first-order chi connectivity index (χ1) is 25.8. The number of aliphatic hydroxyl groups is 11. The van der Waals surface area contributed by atoms with Gasteiger partial charge in [-0.05, 0) is 6.92 Å². The molecule has 4 saturated heterocycles. The molecule has 24 heteroatoms. The summed E-state index contributed by atoms with van der Waals surface area (Å²) in [5, 5.41) is 131. The van der Waals surface area contributed by atoms with Crippen molar-refractivity contribution in [1.29, 1.82) is 0 Å². The lowest BCUT2D eigenvalue weighted by Crippen LogP contribution is -2.71. The zero-order valence-corrected chi connectivity index (χ0v) is 30.0. The molecule has 0 unspecified atom stereocenters. The first kappa shape index (κ1) is 45.4. The lowest BCUT2D eigenvalue weighted by Gasteiger charge is -2.51. The van der Waals surface area contributed by atoms with Crippen molar-refractivity contribution in [2.75, 3.05) is 26.4 Å². The van der Waals surface area contributed by atoms with E-state index in [-0.39, 0.29) is 6.61 Å². The van der Waals surface area contributed by atoms with Crippen molar-refractivity contribution in [3.8, 4) is 0 Å². The van der Waals surface area contributed by atoms with Crippen molar-refractivity contribution in [2.24, 2.45) is 0 Å². The van der Waals surface area contributed by atoms with Crippen LogP contribution < -0.4 is 10.6 Å². The Bertz CT molecular complexity index is 1300. The van der Waals surface area contributed by atoms with Gasteiger partial charge in [-0.15, -0.1) is 0 Å². The SMILES string of the molecule is CC(=O)N[C@H]1[C@H]([C@H](O)[C@H](O)CO)O[C@@](O[C@H]2[C@@H](O)[C@@H](CO)O[C@@H](O[C@H]3[C@H](O[C@@H]4O[C@@H](C)[C@@H](O)[C@@H](O)[C@@H]4O)[C@@H](NC(C)=O)CO[C@@H]3CO)[C@@H]2O)(C(=O)O)C[C@@H]1O. The fraction of sp³-hybridized carbons (Fsp3) is 0.903. The number of nitrogens with one attached hydrogen (secondary N) is 2. The number of aliphatic carboxylic acids is 1. The zero-order chi connectivity index (χ0) is 41.1. The molecule has 0 aromatic carbocycles. The fourth-order valence-electron chi connectivity index (χ4n) is 6.95. The van der Waals surface area contributed by atoms with E-state index in [2.05, 4.69) is 10.6 Å². The van der Waals surface area contributed by atoms with E-state index in [0.29, 0.717) is 0 Å². The van der Waals surface area contributed by atoms with Crippen LogP contribution in [0, 0.1) is 0 Å². The van der Waals surface area contributed by atoms with Crippen molar-refractivity contribution < 1.29 is 109 Å². The van der Waals surface area contributed by atoms with Gasteiger partial charge in [0.05, 0.1) is 50.7 Å². The number of hydrogen-bond acceptors (Lipinski definition) is 21. The number of hydrogen-bond donors (Lipinski definition) is 14. The number of rotatable bonds is 14. The van der Waals surface area contributed by atoms with Gasteiger partial charge in [-0.3, -0.25) is 9.59 Å². The van der Waals surface area contributed by atoms with Gasteiger partial charge in [-0.25, -0.2) is 4.79 Å². The normalized spacial score (nSPS) is 44.9. The quantitative estimate of drug-likeness (QED) is 0.0775. The minimum Gasteiger partial charge on any atom is -0.477 e. The van der Waals surface area contributed by atoms with Gasteiger partial charge >= 0.3 is 5.97 Å².